The lowest BCUT2D eigenvalue weighted by atomic mass is 10.0. The lowest BCUT2D eigenvalue weighted by molar-refractivity contribution is 0.0899. The molecular weight excluding hydrogens is 289 g/mol. The predicted molar refractivity (Wildman–Crippen MR) is 67.3 cm³/mol. The van der Waals surface area contributed by atoms with Gasteiger partial charge in [0.15, 0.2) is 0 Å². The number of amides is 1. The fourth-order valence-corrected chi connectivity index (χ4v) is 1.61. The first-order chi connectivity index (χ1) is 7.85. The van der Waals surface area contributed by atoms with Gasteiger partial charge in [-0.3, -0.25) is 4.79 Å². The Bertz CT molecular complexity index is 421. The van der Waals surface area contributed by atoms with Gasteiger partial charge in [0.2, 0.25) is 0 Å². The maximum absolute atomic E-state index is 13.3. The SMILES string of the molecule is CC(C)(CCO)NC(=O)c1ccc(Br)c(F)c1. The van der Waals surface area contributed by atoms with Crippen molar-refractivity contribution >= 4 is 21.8 Å². The fourth-order valence-electron chi connectivity index (χ4n) is 1.36. The van der Waals surface area contributed by atoms with Crippen LogP contribution in [0.2, 0.25) is 0 Å². The number of hydrogen-bond donors (Lipinski definition) is 2. The highest BCUT2D eigenvalue weighted by Crippen LogP contribution is 2.17. The first-order valence-corrected chi connectivity index (χ1v) is 6.03. The van der Waals surface area contributed by atoms with Gasteiger partial charge in [-0.15, -0.1) is 0 Å². The third kappa shape index (κ3) is 4.09. The normalized spacial score (nSPS) is 11.4. The van der Waals surface area contributed by atoms with Crippen molar-refractivity contribution in [1.82, 2.24) is 5.32 Å². The number of carbonyl (C=O) groups excluding carboxylic acids is 1. The molecule has 5 heteroatoms. The number of hydrogen-bond acceptors (Lipinski definition) is 2. The largest absolute Gasteiger partial charge is 0.396 e. The van der Waals surface area contributed by atoms with E-state index in [1.807, 2.05) is 0 Å². The number of aliphatic hydroxyl groups is 1. The average molecular weight is 304 g/mol. The van der Waals surface area contributed by atoms with Gasteiger partial charge >= 0.3 is 0 Å². The van der Waals surface area contributed by atoms with Gasteiger partial charge in [0, 0.05) is 17.7 Å². The molecule has 1 aromatic rings. The molecule has 0 aromatic heterocycles. The summed E-state index contributed by atoms with van der Waals surface area (Å²) in [7, 11) is 0. The van der Waals surface area contributed by atoms with E-state index in [0.717, 1.165) is 0 Å². The Hall–Kier alpha value is -0.940. The van der Waals surface area contributed by atoms with Gasteiger partial charge in [0.05, 0.1) is 4.47 Å². The third-order valence-electron chi connectivity index (χ3n) is 2.37. The monoisotopic (exact) mass is 303 g/mol. The van der Waals surface area contributed by atoms with E-state index in [1.54, 1.807) is 13.8 Å². The second-order valence-corrected chi connectivity index (χ2v) is 5.29. The van der Waals surface area contributed by atoms with Crippen molar-refractivity contribution in [3.8, 4) is 0 Å². The molecule has 0 atom stereocenters. The summed E-state index contributed by atoms with van der Waals surface area (Å²) < 4.78 is 13.6. The van der Waals surface area contributed by atoms with E-state index in [2.05, 4.69) is 21.2 Å². The molecule has 0 saturated heterocycles. The summed E-state index contributed by atoms with van der Waals surface area (Å²) in [5, 5.41) is 11.6. The summed E-state index contributed by atoms with van der Waals surface area (Å²) >= 11 is 3.02. The number of aliphatic hydroxyl groups excluding tert-OH is 1. The van der Waals surface area contributed by atoms with E-state index < -0.39 is 11.4 Å². The fraction of sp³-hybridized carbons (Fsp3) is 0.417. The molecule has 0 bridgehead atoms. The summed E-state index contributed by atoms with van der Waals surface area (Å²) in [5.74, 6) is -0.826. The van der Waals surface area contributed by atoms with Crippen LogP contribution in [0.3, 0.4) is 0 Å². The van der Waals surface area contributed by atoms with Crippen LogP contribution < -0.4 is 5.32 Å². The van der Waals surface area contributed by atoms with E-state index in [-0.39, 0.29) is 18.1 Å². The lowest BCUT2D eigenvalue weighted by Gasteiger charge is -2.25. The van der Waals surface area contributed by atoms with Crippen LogP contribution in [0.5, 0.6) is 0 Å². The number of carbonyl (C=O) groups is 1. The molecule has 1 rings (SSSR count). The van der Waals surface area contributed by atoms with Gasteiger partial charge in [-0.05, 0) is 54.4 Å². The van der Waals surface area contributed by atoms with Crippen LogP contribution in [0.15, 0.2) is 22.7 Å². The molecule has 0 heterocycles. The lowest BCUT2D eigenvalue weighted by Crippen LogP contribution is -2.44. The molecule has 3 nitrogen and oxygen atoms in total. The van der Waals surface area contributed by atoms with Crippen molar-refractivity contribution in [3.05, 3.63) is 34.1 Å². The Morgan fingerprint density at radius 3 is 2.71 bits per heavy atom. The molecule has 0 unspecified atom stereocenters. The minimum atomic E-state index is -0.518. The molecule has 94 valence electrons. The standard InChI is InChI=1S/C12H15BrFNO2/c1-12(2,5-6-16)15-11(17)8-3-4-9(13)10(14)7-8/h3-4,7,16H,5-6H2,1-2H3,(H,15,17). The average Bonchev–Trinajstić information content (AvgIpc) is 2.21. The topological polar surface area (TPSA) is 49.3 Å². The second-order valence-electron chi connectivity index (χ2n) is 4.44. The molecule has 0 fully saturated rings. The molecule has 0 aliphatic carbocycles. The maximum atomic E-state index is 13.3. The van der Waals surface area contributed by atoms with Crippen molar-refractivity contribution in [1.29, 1.82) is 0 Å². The highest BCUT2D eigenvalue weighted by Gasteiger charge is 2.20. The molecule has 2 N–H and O–H groups in total. The first kappa shape index (κ1) is 14.1. The van der Waals surface area contributed by atoms with Crippen molar-refractivity contribution < 1.29 is 14.3 Å². The number of nitrogens with one attached hydrogen (secondary N) is 1. The first-order valence-electron chi connectivity index (χ1n) is 5.24. The summed E-state index contributed by atoms with van der Waals surface area (Å²) in [6.07, 6.45) is 0.442. The minimum absolute atomic E-state index is 0.0119. The molecule has 0 aliphatic rings. The van der Waals surface area contributed by atoms with E-state index in [1.165, 1.54) is 18.2 Å². The van der Waals surface area contributed by atoms with Crippen molar-refractivity contribution in [2.75, 3.05) is 6.61 Å². The minimum Gasteiger partial charge on any atom is -0.396 e. The van der Waals surface area contributed by atoms with Gasteiger partial charge in [-0.2, -0.15) is 0 Å². The molecule has 0 radical (unpaired) electrons. The van der Waals surface area contributed by atoms with Crippen LogP contribution >= 0.6 is 15.9 Å². The molecule has 0 saturated carbocycles. The number of benzene rings is 1. The summed E-state index contributed by atoms with van der Waals surface area (Å²) in [5.41, 5.74) is -0.258. The second kappa shape index (κ2) is 5.60. The van der Waals surface area contributed by atoms with Gasteiger partial charge in [-0.1, -0.05) is 0 Å². The molecular formula is C12H15BrFNO2. The maximum Gasteiger partial charge on any atom is 0.251 e. The predicted octanol–water partition coefficient (Wildman–Crippen LogP) is 2.48. The Morgan fingerprint density at radius 2 is 2.18 bits per heavy atom. The van der Waals surface area contributed by atoms with E-state index in [0.29, 0.717) is 10.9 Å². The van der Waals surface area contributed by atoms with Gasteiger partial charge in [0.1, 0.15) is 5.82 Å². The zero-order valence-electron chi connectivity index (χ0n) is 9.76. The van der Waals surface area contributed by atoms with Crippen LogP contribution in [-0.4, -0.2) is 23.2 Å². The Balaban J connectivity index is 2.80. The Labute approximate surface area is 108 Å². The van der Waals surface area contributed by atoms with Crippen LogP contribution in [-0.2, 0) is 0 Å². The molecule has 0 spiro atoms. The van der Waals surface area contributed by atoms with E-state index in [9.17, 15) is 9.18 Å². The zero-order chi connectivity index (χ0) is 13.1. The smallest absolute Gasteiger partial charge is 0.251 e. The molecule has 0 aliphatic heterocycles. The zero-order valence-corrected chi connectivity index (χ0v) is 11.3. The van der Waals surface area contributed by atoms with Gasteiger partial charge in [-0.25, -0.2) is 4.39 Å². The molecule has 17 heavy (non-hydrogen) atoms. The van der Waals surface area contributed by atoms with Gasteiger partial charge < -0.3 is 10.4 Å². The Morgan fingerprint density at radius 1 is 1.53 bits per heavy atom. The van der Waals surface area contributed by atoms with Crippen LogP contribution in [0.25, 0.3) is 0 Å². The molecule has 1 aromatic carbocycles. The van der Waals surface area contributed by atoms with Gasteiger partial charge in [0.25, 0.3) is 5.91 Å². The Kier molecular flexibility index (Phi) is 4.65. The van der Waals surface area contributed by atoms with Crippen LogP contribution in [0.1, 0.15) is 30.6 Å². The highest BCUT2D eigenvalue weighted by molar-refractivity contribution is 9.10. The summed E-state index contributed by atoms with van der Waals surface area (Å²) in [6.45, 7) is 3.59. The quantitative estimate of drug-likeness (QED) is 0.898. The van der Waals surface area contributed by atoms with Crippen LogP contribution in [0.4, 0.5) is 4.39 Å². The van der Waals surface area contributed by atoms with Crippen molar-refractivity contribution in [2.45, 2.75) is 25.8 Å². The number of rotatable bonds is 4. The van der Waals surface area contributed by atoms with Crippen LogP contribution in [0, 0.1) is 5.82 Å². The molecule has 1 amide bonds. The summed E-state index contributed by atoms with van der Waals surface area (Å²) in [6, 6.07) is 4.20. The van der Waals surface area contributed by atoms with E-state index in [4.69, 9.17) is 5.11 Å². The summed E-state index contributed by atoms with van der Waals surface area (Å²) in [4.78, 5) is 11.8. The highest BCUT2D eigenvalue weighted by atomic mass is 79.9. The van der Waals surface area contributed by atoms with Crippen molar-refractivity contribution in [3.63, 3.8) is 0 Å². The van der Waals surface area contributed by atoms with E-state index >= 15 is 0 Å². The number of halogens is 2. The third-order valence-corrected chi connectivity index (χ3v) is 3.01. The van der Waals surface area contributed by atoms with Crippen molar-refractivity contribution in [2.24, 2.45) is 0 Å².